The second kappa shape index (κ2) is 10.8. The number of Topliss-reactive ketones (excluding diaryl/α,β-unsaturated/α-hetero) is 1. The molecular weight excluding hydrogens is 439 g/mol. The highest BCUT2D eigenvalue weighted by molar-refractivity contribution is 6.46. The van der Waals surface area contributed by atoms with E-state index < -0.39 is 23.5 Å². The van der Waals surface area contributed by atoms with Crippen molar-refractivity contribution in [1.29, 1.82) is 0 Å². The Morgan fingerprint density at radius 1 is 1.09 bits per heavy atom. The van der Waals surface area contributed by atoms with Crippen LogP contribution >= 0.6 is 0 Å². The molecule has 0 saturated carbocycles. The van der Waals surface area contributed by atoms with Crippen LogP contribution in [-0.2, 0) is 14.3 Å². The Morgan fingerprint density at radius 3 is 2.47 bits per heavy atom. The number of morpholine rings is 1. The van der Waals surface area contributed by atoms with Crippen molar-refractivity contribution < 1.29 is 28.6 Å². The van der Waals surface area contributed by atoms with Crippen molar-refractivity contribution in [3.8, 4) is 5.75 Å². The quantitative estimate of drug-likeness (QED) is 0.364. The van der Waals surface area contributed by atoms with Gasteiger partial charge in [-0.3, -0.25) is 14.5 Å². The first-order chi connectivity index (χ1) is 16.5. The maximum atomic E-state index is 14.9. The normalized spacial score (nSPS) is 20.6. The summed E-state index contributed by atoms with van der Waals surface area (Å²) in [6, 6.07) is 11.7. The molecule has 4 rings (SSSR count). The summed E-state index contributed by atoms with van der Waals surface area (Å²) in [6.07, 6.45) is 0.859. The fourth-order valence-electron chi connectivity index (χ4n) is 4.29. The van der Waals surface area contributed by atoms with Crippen molar-refractivity contribution in [3.05, 3.63) is 71.0 Å². The van der Waals surface area contributed by atoms with E-state index in [2.05, 4.69) is 4.90 Å². The van der Waals surface area contributed by atoms with Crippen LogP contribution in [0.15, 0.2) is 54.1 Å². The topological polar surface area (TPSA) is 79.3 Å². The molecule has 2 saturated heterocycles. The number of nitrogens with zero attached hydrogens (tertiary/aromatic N) is 2. The summed E-state index contributed by atoms with van der Waals surface area (Å²) >= 11 is 0. The van der Waals surface area contributed by atoms with Gasteiger partial charge in [-0.1, -0.05) is 25.1 Å². The Balaban J connectivity index is 1.69. The number of halogens is 1. The van der Waals surface area contributed by atoms with Gasteiger partial charge in [0.05, 0.1) is 31.4 Å². The molecule has 7 nitrogen and oxygen atoms in total. The van der Waals surface area contributed by atoms with Gasteiger partial charge < -0.3 is 19.5 Å². The second-order valence-electron chi connectivity index (χ2n) is 8.34. The summed E-state index contributed by atoms with van der Waals surface area (Å²) in [5, 5.41) is 11.1. The van der Waals surface area contributed by atoms with Gasteiger partial charge in [0.2, 0.25) is 0 Å². The molecule has 1 N–H and O–H groups in total. The predicted octanol–water partition coefficient (Wildman–Crippen LogP) is 3.37. The number of aliphatic hydroxyl groups excluding tert-OH is 1. The number of benzene rings is 2. The molecule has 8 heteroatoms. The number of aliphatic hydroxyl groups is 1. The van der Waals surface area contributed by atoms with Gasteiger partial charge in [0.15, 0.2) is 0 Å². The first kappa shape index (κ1) is 23.9. The van der Waals surface area contributed by atoms with Gasteiger partial charge in [0.1, 0.15) is 17.3 Å². The minimum atomic E-state index is -1.02. The summed E-state index contributed by atoms with van der Waals surface area (Å²) in [5.41, 5.74) is 0.420. The van der Waals surface area contributed by atoms with Crippen LogP contribution in [-0.4, -0.2) is 72.6 Å². The van der Waals surface area contributed by atoms with Gasteiger partial charge in [-0.05, 0) is 36.8 Å². The summed E-state index contributed by atoms with van der Waals surface area (Å²) in [6.45, 7) is 5.96. The van der Waals surface area contributed by atoms with Crippen molar-refractivity contribution in [3.63, 3.8) is 0 Å². The van der Waals surface area contributed by atoms with Gasteiger partial charge in [-0.25, -0.2) is 4.39 Å². The van der Waals surface area contributed by atoms with Crippen LogP contribution in [0.25, 0.3) is 5.76 Å². The Morgan fingerprint density at radius 2 is 1.79 bits per heavy atom. The lowest BCUT2D eigenvalue weighted by atomic mass is 9.95. The summed E-state index contributed by atoms with van der Waals surface area (Å²) in [7, 11) is 0. The first-order valence-electron chi connectivity index (χ1n) is 11.6. The maximum absolute atomic E-state index is 14.9. The summed E-state index contributed by atoms with van der Waals surface area (Å²) in [4.78, 5) is 29.6. The molecule has 2 aliphatic rings. The van der Waals surface area contributed by atoms with Gasteiger partial charge in [-0.15, -0.1) is 0 Å². The van der Waals surface area contributed by atoms with Gasteiger partial charge in [-0.2, -0.15) is 0 Å². The van der Waals surface area contributed by atoms with E-state index in [0.29, 0.717) is 37.7 Å². The summed E-state index contributed by atoms with van der Waals surface area (Å²) in [5.74, 6) is -1.80. The summed E-state index contributed by atoms with van der Waals surface area (Å²) < 4.78 is 25.8. The molecule has 0 aromatic heterocycles. The van der Waals surface area contributed by atoms with Gasteiger partial charge in [0.25, 0.3) is 11.7 Å². The average molecular weight is 469 g/mol. The highest BCUT2D eigenvalue weighted by atomic mass is 19.1. The molecule has 180 valence electrons. The molecule has 2 aromatic rings. The Hall–Kier alpha value is -3.23. The van der Waals surface area contributed by atoms with Crippen LogP contribution in [0.4, 0.5) is 4.39 Å². The zero-order valence-corrected chi connectivity index (χ0v) is 19.2. The maximum Gasteiger partial charge on any atom is 0.295 e. The second-order valence-corrected chi connectivity index (χ2v) is 8.34. The van der Waals surface area contributed by atoms with Crippen LogP contribution in [0.1, 0.15) is 30.5 Å². The number of ketones is 1. The van der Waals surface area contributed by atoms with Crippen LogP contribution in [0.3, 0.4) is 0 Å². The zero-order chi connectivity index (χ0) is 24.1. The number of likely N-dealkylation sites (tertiary alicyclic amines) is 1. The van der Waals surface area contributed by atoms with E-state index in [9.17, 15) is 19.1 Å². The highest BCUT2D eigenvalue weighted by Gasteiger charge is 2.46. The SMILES string of the molecule is CCCOc1ccc(C(O)=C2C(=O)C(=O)N(CCN3CCOCC3)[C@H]2c2ccccc2F)cc1. The van der Waals surface area contributed by atoms with E-state index >= 15 is 0 Å². The van der Waals surface area contributed by atoms with E-state index in [4.69, 9.17) is 9.47 Å². The van der Waals surface area contributed by atoms with Crippen LogP contribution in [0, 0.1) is 5.82 Å². The van der Waals surface area contributed by atoms with E-state index in [0.717, 1.165) is 19.5 Å². The number of carbonyl (C=O) groups excluding carboxylic acids is 2. The number of hydrogen-bond acceptors (Lipinski definition) is 6. The molecule has 0 unspecified atom stereocenters. The lowest BCUT2D eigenvalue weighted by Crippen LogP contribution is -2.42. The average Bonchev–Trinajstić information content (AvgIpc) is 3.11. The van der Waals surface area contributed by atoms with E-state index in [-0.39, 0.29) is 23.4 Å². The lowest BCUT2D eigenvalue weighted by Gasteiger charge is -2.31. The van der Waals surface area contributed by atoms with E-state index in [1.54, 1.807) is 42.5 Å². The number of carbonyl (C=O) groups is 2. The molecule has 34 heavy (non-hydrogen) atoms. The molecule has 0 bridgehead atoms. The minimum Gasteiger partial charge on any atom is -0.507 e. The van der Waals surface area contributed by atoms with E-state index in [1.165, 1.54) is 11.0 Å². The predicted molar refractivity (Wildman–Crippen MR) is 125 cm³/mol. The molecule has 2 fully saturated rings. The van der Waals surface area contributed by atoms with Crippen molar-refractivity contribution in [2.75, 3.05) is 46.0 Å². The standard InChI is InChI=1S/C26H29FN2O5/c1-2-15-34-19-9-7-18(8-10-19)24(30)22-23(20-5-3-4-6-21(20)27)29(26(32)25(22)31)12-11-28-13-16-33-17-14-28/h3-10,23,30H,2,11-17H2,1H3/t23-/m0/s1. The van der Waals surface area contributed by atoms with Crippen LogP contribution in [0.2, 0.25) is 0 Å². The van der Waals surface area contributed by atoms with Crippen molar-refractivity contribution >= 4 is 17.4 Å². The largest absolute Gasteiger partial charge is 0.507 e. The highest BCUT2D eigenvalue weighted by Crippen LogP contribution is 2.40. The zero-order valence-electron chi connectivity index (χ0n) is 19.2. The minimum absolute atomic E-state index is 0.112. The molecule has 2 aromatic carbocycles. The van der Waals surface area contributed by atoms with Gasteiger partial charge >= 0.3 is 0 Å². The smallest absolute Gasteiger partial charge is 0.295 e. The Kier molecular flexibility index (Phi) is 7.59. The van der Waals surface area contributed by atoms with Crippen molar-refractivity contribution in [1.82, 2.24) is 9.80 Å². The Bertz CT molecular complexity index is 1060. The molecule has 2 heterocycles. The molecular formula is C26H29FN2O5. The third-order valence-electron chi connectivity index (χ3n) is 6.10. The number of rotatable bonds is 8. The molecule has 0 aliphatic carbocycles. The monoisotopic (exact) mass is 468 g/mol. The molecule has 0 radical (unpaired) electrons. The third-order valence-corrected chi connectivity index (χ3v) is 6.10. The van der Waals surface area contributed by atoms with Crippen LogP contribution in [0.5, 0.6) is 5.75 Å². The lowest BCUT2D eigenvalue weighted by molar-refractivity contribution is -0.140. The van der Waals surface area contributed by atoms with E-state index in [1.807, 2.05) is 6.92 Å². The van der Waals surface area contributed by atoms with Crippen LogP contribution < -0.4 is 4.74 Å². The number of hydrogen-bond donors (Lipinski definition) is 1. The fourth-order valence-corrected chi connectivity index (χ4v) is 4.29. The van der Waals surface area contributed by atoms with Crippen molar-refractivity contribution in [2.45, 2.75) is 19.4 Å². The molecule has 0 spiro atoms. The van der Waals surface area contributed by atoms with Crippen molar-refractivity contribution in [2.24, 2.45) is 0 Å². The molecule has 2 aliphatic heterocycles. The molecule has 1 atom stereocenters. The Labute approximate surface area is 198 Å². The fraction of sp³-hybridized carbons (Fsp3) is 0.385. The first-order valence-corrected chi connectivity index (χ1v) is 11.6. The molecule has 1 amide bonds. The number of ether oxygens (including phenoxy) is 2. The third kappa shape index (κ3) is 4.98. The van der Waals surface area contributed by atoms with Gasteiger partial charge in [0, 0.05) is 37.3 Å². The number of amides is 1.